The SMILES string of the molecule is Cc1cnn(CCNCc2cccc3c2NCCC3)c1. The number of fused-ring (bicyclic) bond motifs is 1. The number of anilines is 1. The monoisotopic (exact) mass is 270 g/mol. The molecule has 1 aromatic heterocycles. The number of para-hydroxylation sites is 1. The molecule has 0 saturated heterocycles. The Hall–Kier alpha value is -1.81. The minimum absolute atomic E-state index is 0.913. The molecule has 2 aromatic rings. The first kappa shape index (κ1) is 13.2. The smallest absolute Gasteiger partial charge is 0.0534 e. The fourth-order valence-corrected chi connectivity index (χ4v) is 2.73. The van der Waals surface area contributed by atoms with Gasteiger partial charge in [-0.05, 0) is 36.5 Å². The summed E-state index contributed by atoms with van der Waals surface area (Å²) in [6, 6.07) is 6.61. The summed E-state index contributed by atoms with van der Waals surface area (Å²) in [6.45, 7) is 5.92. The third-order valence-corrected chi connectivity index (χ3v) is 3.76. The molecular formula is C16H22N4. The van der Waals surface area contributed by atoms with E-state index in [9.17, 15) is 0 Å². The Morgan fingerprint density at radius 1 is 1.40 bits per heavy atom. The number of nitrogens with one attached hydrogen (secondary N) is 2. The number of hydrogen-bond acceptors (Lipinski definition) is 3. The molecule has 0 unspecified atom stereocenters. The number of benzene rings is 1. The second-order valence-corrected chi connectivity index (χ2v) is 5.44. The highest BCUT2D eigenvalue weighted by atomic mass is 15.3. The zero-order valence-corrected chi connectivity index (χ0v) is 12.0. The normalized spacial score (nSPS) is 13.8. The first-order chi connectivity index (χ1) is 9.83. The van der Waals surface area contributed by atoms with E-state index in [1.165, 1.54) is 35.2 Å². The molecule has 2 N–H and O–H groups in total. The van der Waals surface area contributed by atoms with Gasteiger partial charge in [0.05, 0.1) is 12.7 Å². The number of rotatable bonds is 5. The number of nitrogens with zero attached hydrogens (tertiary/aromatic N) is 2. The quantitative estimate of drug-likeness (QED) is 0.820. The number of hydrogen-bond donors (Lipinski definition) is 2. The zero-order valence-electron chi connectivity index (χ0n) is 12.0. The van der Waals surface area contributed by atoms with Gasteiger partial charge >= 0.3 is 0 Å². The summed E-state index contributed by atoms with van der Waals surface area (Å²) in [5.41, 5.74) is 5.39. The molecule has 1 aromatic carbocycles. The highest BCUT2D eigenvalue weighted by Crippen LogP contribution is 2.25. The van der Waals surface area contributed by atoms with Crippen LogP contribution in [0.2, 0.25) is 0 Å². The van der Waals surface area contributed by atoms with Crippen LogP contribution in [0.15, 0.2) is 30.6 Å². The summed E-state index contributed by atoms with van der Waals surface area (Å²) in [6.07, 6.45) is 6.41. The van der Waals surface area contributed by atoms with E-state index in [2.05, 4.69) is 47.1 Å². The lowest BCUT2D eigenvalue weighted by molar-refractivity contribution is 0.554. The molecule has 3 rings (SSSR count). The first-order valence-electron chi connectivity index (χ1n) is 7.37. The van der Waals surface area contributed by atoms with Crippen molar-refractivity contribution in [1.82, 2.24) is 15.1 Å². The van der Waals surface area contributed by atoms with Gasteiger partial charge in [-0.25, -0.2) is 0 Å². The molecule has 0 amide bonds. The average molecular weight is 270 g/mol. The third-order valence-electron chi connectivity index (χ3n) is 3.76. The second kappa shape index (κ2) is 6.09. The molecule has 2 heterocycles. The van der Waals surface area contributed by atoms with Crippen molar-refractivity contribution < 1.29 is 0 Å². The predicted molar refractivity (Wildman–Crippen MR) is 81.9 cm³/mol. The molecule has 106 valence electrons. The van der Waals surface area contributed by atoms with Crippen molar-refractivity contribution in [3.05, 3.63) is 47.3 Å². The maximum atomic E-state index is 4.29. The average Bonchev–Trinajstić information content (AvgIpc) is 2.89. The van der Waals surface area contributed by atoms with Crippen LogP contribution >= 0.6 is 0 Å². The molecule has 0 radical (unpaired) electrons. The van der Waals surface area contributed by atoms with Crippen LogP contribution in [0.3, 0.4) is 0 Å². The Bertz CT molecular complexity index is 574. The van der Waals surface area contributed by atoms with Crippen molar-refractivity contribution in [2.45, 2.75) is 32.9 Å². The topological polar surface area (TPSA) is 41.9 Å². The highest BCUT2D eigenvalue weighted by Gasteiger charge is 2.11. The van der Waals surface area contributed by atoms with E-state index in [1.807, 2.05) is 10.9 Å². The van der Waals surface area contributed by atoms with Crippen molar-refractivity contribution in [2.24, 2.45) is 0 Å². The fourth-order valence-electron chi connectivity index (χ4n) is 2.73. The van der Waals surface area contributed by atoms with Gasteiger partial charge in [0.15, 0.2) is 0 Å². The van der Waals surface area contributed by atoms with Crippen LogP contribution in [0.4, 0.5) is 5.69 Å². The molecule has 0 bridgehead atoms. The first-order valence-corrected chi connectivity index (χ1v) is 7.37. The summed E-state index contributed by atoms with van der Waals surface area (Å²) < 4.78 is 1.99. The van der Waals surface area contributed by atoms with Crippen molar-refractivity contribution in [3.63, 3.8) is 0 Å². The van der Waals surface area contributed by atoms with Gasteiger partial charge in [-0.1, -0.05) is 18.2 Å². The van der Waals surface area contributed by atoms with Crippen molar-refractivity contribution in [1.29, 1.82) is 0 Å². The van der Waals surface area contributed by atoms with E-state index in [1.54, 1.807) is 0 Å². The molecule has 1 aliphatic rings. The van der Waals surface area contributed by atoms with Gasteiger partial charge in [-0.2, -0.15) is 5.10 Å². The molecule has 0 saturated carbocycles. The Morgan fingerprint density at radius 3 is 3.20 bits per heavy atom. The number of aryl methyl sites for hydroxylation is 2. The lowest BCUT2D eigenvalue weighted by Crippen LogP contribution is -2.22. The lowest BCUT2D eigenvalue weighted by atomic mass is 9.99. The van der Waals surface area contributed by atoms with E-state index in [0.717, 1.165) is 26.2 Å². The Kier molecular flexibility index (Phi) is 4.02. The van der Waals surface area contributed by atoms with E-state index in [0.29, 0.717) is 0 Å². The Labute approximate surface area is 120 Å². The van der Waals surface area contributed by atoms with Crippen molar-refractivity contribution in [3.8, 4) is 0 Å². The van der Waals surface area contributed by atoms with Crippen LogP contribution in [-0.2, 0) is 19.5 Å². The summed E-state index contributed by atoms with van der Waals surface area (Å²) in [4.78, 5) is 0. The van der Waals surface area contributed by atoms with Gasteiger partial charge in [0.2, 0.25) is 0 Å². The maximum absolute atomic E-state index is 4.29. The molecule has 0 spiro atoms. The summed E-state index contributed by atoms with van der Waals surface area (Å²) in [5, 5.41) is 11.3. The van der Waals surface area contributed by atoms with E-state index < -0.39 is 0 Å². The van der Waals surface area contributed by atoms with E-state index in [4.69, 9.17) is 0 Å². The lowest BCUT2D eigenvalue weighted by Gasteiger charge is -2.21. The fraction of sp³-hybridized carbons (Fsp3) is 0.438. The maximum Gasteiger partial charge on any atom is 0.0534 e. The molecule has 0 fully saturated rings. The van der Waals surface area contributed by atoms with Gasteiger partial charge in [-0.15, -0.1) is 0 Å². The van der Waals surface area contributed by atoms with Gasteiger partial charge in [0.1, 0.15) is 0 Å². The van der Waals surface area contributed by atoms with E-state index >= 15 is 0 Å². The second-order valence-electron chi connectivity index (χ2n) is 5.44. The van der Waals surface area contributed by atoms with Gasteiger partial charge in [0.25, 0.3) is 0 Å². The summed E-state index contributed by atoms with van der Waals surface area (Å²) in [7, 11) is 0. The Balaban J connectivity index is 1.53. The summed E-state index contributed by atoms with van der Waals surface area (Å²) >= 11 is 0. The van der Waals surface area contributed by atoms with Gasteiger partial charge < -0.3 is 10.6 Å². The van der Waals surface area contributed by atoms with Crippen molar-refractivity contribution in [2.75, 3.05) is 18.4 Å². The predicted octanol–water partition coefficient (Wildman–Crippen LogP) is 2.34. The third kappa shape index (κ3) is 3.02. The zero-order chi connectivity index (χ0) is 13.8. The minimum Gasteiger partial charge on any atom is -0.385 e. The molecule has 0 aliphatic carbocycles. The molecular weight excluding hydrogens is 248 g/mol. The standard InChI is InChI=1S/C16H22N4/c1-13-10-19-20(12-13)9-8-17-11-15-5-2-4-14-6-3-7-18-16(14)15/h2,4-5,10,12,17-18H,3,6-9,11H2,1H3. The van der Waals surface area contributed by atoms with Gasteiger partial charge in [0, 0.05) is 31.5 Å². The van der Waals surface area contributed by atoms with Crippen LogP contribution < -0.4 is 10.6 Å². The Morgan fingerprint density at radius 2 is 2.35 bits per heavy atom. The van der Waals surface area contributed by atoms with Crippen LogP contribution in [0, 0.1) is 6.92 Å². The van der Waals surface area contributed by atoms with Crippen LogP contribution in [0.25, 0.3) is 0 Å². The van der Waals surface area contributed by atoms with E-state index in [-0.39, 0.29) is 0 Å². The molecule has 0 atom stereocenters. The largest absolute Gasteiger partial charge is 0.385 e. The molecule has 20 heavy (non-hydrogen) atoms. The number of aromatic nitrogens is 2. The molecule has 1 aliphatic heterocycles. The van der Waals surface area contributed by atoms with Crippen molar-refractivity contribution >= 4 is 5.69 Å². The molecule has 4 nitrogen and oxygen atoms in total. The highest BCUT2D eigenvalue weighted by molar-refractivity contribution is 5.59. The molecule has 4 heteroatoms. The van der Waals surface area contributed by atoms with Crippen LogP contribution in [0.1, 0.15) is 23.1 Å². The van der Waals surface area contributed by atoms with Gasteiger partial charge in [-0.3, -0.25) is 4.68 Å². The van der Waals surface area contributed by atoms with Crippen LogP contribution in [0.5, 0.6) is 0 Å². The summed E-state index contributed by atoms with van der Waals surface area (Å²) in [5.74, 6) is 0. The van der Waals surface area contributed by atoms with Crippen LogP contribution in [-0.4, -0.2) is 22.9 Å². The minimum atomic E-state index is 0.913.